The topological polar surface area (TPSA) is 312 Å². The van der Waals surface area contributed by atoms with E-state index >= 15 is 0 Å². The van der Waals surface area contributed by atoms with Crippen molar-refractivity contribution in [2.75, 3.05) is 76.4 Å². The molecule has 0 aliphatic carbocycles. The summed E-state index contributed by atoms with van der Waals surface area (Å²) in [7, 11) is 10.8. The molecule has 0 fully saturated rings. The molecule has 5 aromatic heterocycles. The van der Waals surface area contributed by atoms with Gasteiger partial charge in [-0.05, 0) is 240 Å². The van der Waals surface area contributed by atoms with Crippen LogP contribution >= 0.6 is 0 Å². The van der Waals surface area contributed by atoms with Crippen LogP contribution in [0.5, 0.6) is 40.2 Å². The third kappa shape index (κ3) is 22.3. The van der Waals surface area contributed by atoms with E-state index in [1.54, 1.807) is 64.8 Å². The summed E-state index contributed by atoms with van der Waals surface area (Å²) in [5.41, 5.74) is 26.6. The second kappa shape index (κ2) is 44.1. The van der Waals surface area contributed by atoms with Gasteiger partial charge in [-0.3, -0.25) is 22.8 Å². The molecule has 27 heteroatoms. The van der Waals surface area contributed by atoms with Gasteiger partial charge in [0.15, 0.2) is 23.0 Å². The molecule has 0 saturated carbocycles. The molecule has 0 bridgehead atoms. The Morgan fingerprint density at radius 2 is 0.562 bits per heavy atom. The fourth-order valence-electron chi connectivity index (χ4n) is 15.6. The number of carbonyl (C=O) groups excluding carboxylic acids is 1. The van der Waals surface area contributed by atoms with Crippen LogP contribution in [0.15, 0.2) is 365 Å². The number of fused-ring (bicyclic) bond motifs is 5. The smallest absolute Gasteiger partial charge is 0.341 e. The number of benzene rings is 15. The number of aromatic hydroxyl groups is 1. The lowest BCUT2D eigenvalue weighted by atomic mass is 10.1. The molecule has 0 unspecified atom stereocenters. The number of imidazole rings is 5. The largest absolute Gasteiger partial charge is 0.504 e. The Kier molecular flexibility index (Phi) is 29.6. The van der Waals surface area contributed by atoms with E-state index in [2.05, 4.69) is 155 Å². The number of aromatic carboxylic acids is 1. The molecular weight excluding hydrogens is 1720 g/mol. The van der Waals surface area contributed by atoms with Gasteiger partial charge in [0.1, 0.15) is 66.1 Å². The molecule has 137 heavy (non-hydrogen) atoms. The average molecular weight is 1820 g/mol. The van der Waals surface area contributed by atoms with E-state index < -0.39 is 11.9 Å². The van der Waals surface area contributed by atoms with Crippen molar-refractivity contribution in [3.63, 3.8) is 0 Å². The number of esters is 1. The van der Waals surface area contributed by atoms with Crippen molar-refractivity contribution >= 4 is 95.5 Å². The number of hydrogen-bond donors (Lipinski definition) is 7. The second-order valence-corrected chi connectivity index (χ2v) is 31.2. The minimum Gasteiger partial charge on any atom is -0.504 e. The summed E-state index contributed by atoms with van der Waals surface area (Å²) < 4.78 is 46.8. The van der Waals surface area contributed by atoms with Gasteiger partial charge < -0.3 is 70.0 Å². The van der Waals surface area contributed by atoms with Crippen molar-refractivity contribution in [2.45, 2.75) is 32.7 Å². The molecule has 0 amide bonds. The van der Waals surface area contributed by atoms with Gasteiger partial charge in [-0.25, -0.2) is 34.5 Å². The van der Waals surface area contributed by atoms with Gasteiger partial charge >= 0.3 is 11.9 Å². The SMILES string of the molecule is COC(=O)c1ccc(CNc2cccc(-n3cnc4ccccc43)c2)cc1OC.COc1cc(CNc2cccc(-n3cnc4ccccc43)c2)ccc1C#N.COc1cc(CNc2cccc(-n3cnc4ccccc43)c2)ccc1C(=O)O.COc1cc(CNc2cccc(-n3cnc4ccccc43)c2)ccc1O.COc1ccc(CNc2cccc(-n3cnc4ccccc43)c2)cc1OC. The maximum atomic E-state index is 11.8. The van der Waals surface area contributed by atoms with Crippen molar-refractivity contribution in [1.29, 1.82) is 5.26 Å². The number of para-hydroxylation sites is 10. The minimum atomic E-state index is -1.00. The number of rotatable bonds is 28. The predicted octanol–water partition coefficient (Wildman–Crippen LogP) is 22.3. The summed E-state index contributed by atoms with van der Waals surface area (Å²) in [5.74, 6) is 2.10. The first-order valence-electron chi connectivity index (χ1n) is 43.8. The molecule has 0 aliphatic heterocycles. The third-order valence-electron chi connectivity index (χ3n) is 22.6. The van der Waals surface area contributed by atoms with E-state index in [0.717, 1.165) is 151 Å². The number of ether oxygens (including phenoxy) is 7. The van der Waals surface area contributed by atoms with Crippen LogP contribution in [0.1, 0.15) is 54.1 Å². The first kappa shape index (κ1) is 92.0. The van der Waals surface area contributed by atoms with Crippen LogP contribution in [0.2, 0.25) is 0 Å². The quantitative estimate of drug-likeness (QED) is 0.0224. The van der Waals surface area contributed by atoms with Crippen molar-refractivity contribution in [3.05, 3.63) is 410 Å². The molecule has 0 radical (unpaired) electrons. The van der Waals surface area contributed by atoms with Gasteiger partial charge in [0.25, 0.3) is 0 Å². The Morgan fingerprint density at radius 1 is 0.292 bits per heavy atom. The number of nitrogens with one attached hydrogen (secondary N) is 5. The van der Waals surface area contributed by atoms with Crippen LogP contribution in [0.3, 0.4) is 0 Å². The lowest BCUT2D eigenvalue weighted by molar-refractivity contribution is 0.0596. The zero-order chi connectivity index (χ0) is 94.9. The molecule has 0 spiro atoms. The summed E-state index contributed by atoms with van der Waals surface area (Å²) >= 11 is 0. The zero-order valence-corrected chi connectivity index (χ0v) is 76.2. The van der Waals surface area contributed by atoms with Gasteiger partial charge in [-0.1, -0.05) is 121 Å². The standard InChI is InChI=1S/C23H21N3O3.C22H18N4O.C22H19N3O3.C22H21N3O2.C21H19N3O2/c1-28-22-12-16(10-11-19(22)23(27)29-2)14-24-17-6-5-7-18(13-17)26-15-25-20-8-3-4-9-21(20)26;1-27-22-11-16(9-10-17(22)13-23)14-24-18-5-4-6-19(12-18)26-15-25-20-7-2-3-8-21(20)26;1-28-21-11-15(9-10-18(21)22(26)27)13-23-16-5-4-6-17(12-16)25-14-24-19-7-2-3-8-20(19)25;1-26-21-11-10-16(12-22(21)27-2)14-23-17-6-5-7-18(13-17)25-15-24-19-8-3-4-9-20(19)25;1-26-21-11-15(9-10-20(21)25)13-22-16-5-4-6-17(12-16)24-14-23-18-7-2-3-8-19(18)24/h3-13,15,24H,14H2,1-2H3;2-12,15,24H,14H2,1H3;2-12,14,23H,13H2,1H3,(H,26,27);3-13,15,23H,14H2,1-2H3;2-12,14,22,25H,13H2,1H3. The molecule has 15 aromatic carbocycles. The maximum absolute atomic E-state index is 11.8. The molecule has 7 N–H and O–H groups in total. The fourth-order valence-corrected chi connectivity index (χ4v) is 15.6. The number of methoxy groups -OCH3 is 7. The van der Waals surface area contributed by atoms with Gasteiger partial charge in [0, 0.05) is 89.6 Å². The molecule has 27 nitrogen and oxygen atoms in total. The summed E-state index contributed by atoms with van der Waals surface area (Å²) in [5, 5.41) is 45.1. The molecule has 20 rings (SSSR count). The van der Waals surface area contributed by atoms with Gasteiger partial charge in [0.2, 0.25) is 0 Å². The fraction of sp³-hybridized carbons (Fsp3) is 0.109. The first-order valence-corrected chi connectivity index (χ1v) is 43.8. The number of nitriles is 1. The van der Waals surface area contributed by atoms with E-state index in [0.29, 0.717) is 66.8 Å². The number of carboxylic acids is 1. The lowest BCUT2D eigenvalue weighted by Crippen LogP contribution is -2.06. The number of phenolic OH excluding ortho intramolecular Hbond substituents is 1. The monoisotopic (exact) mass is 1820 g/mol. The molecule has 5 heterocycles. The van der Waals surface area contributed by atoms with Crippen LogP contribution in [0.25, 0.3) is 83.6 Å². The van der Waals surface area contributed by atoms with E-state index in [-0.39, 0.29) is 11.3 Å². The molecule has 20 aromatic rings. The van der Waals surface area contributed by atoms with Crippen molar-refractivity contribution < 1.29 is 53.0 Å². The lowest BCUT2D eigenvalue weighted by Gasteiger charge is -2.12. The number of aromatic nitrogens is 10. The van der Waals surface area contributed by atoms with Crippen LogP contribution in [0, 0.1) is 11.3 Å². The Labute approximate surface area is 790 Å². The van der Waals surface area contributed by atoms with E-state index in [1.807, 2.05) is 255 Å². The zero-order valence-electron chi connectivity index (χ0n) is 76.2. The Hall–Kier alpha value is -18.3. The second-order valence-electron chi connectivity index (χ2n) is 31.2. The van der Waals surface area contributed by atoms with E-state index in [4.69, 9.17) is 38.4 Å². The number of hydrogen-bond acceptors (Lipinski definition) is 21. The summed E-state index contributed by atoms with van der Waals surface area (Å²) in [6, 6.07) is 111. The predicted molar refractivity (Wildman–Crippen MR) is 538 cm³/mol. The molecule has 0 saturated heterocycles. The highest BCUT2D eigenvalue weighted by Crippen LogP contribution is 2.34. The van der Waals surface area contributed by atoms with Gasteiger partial charge in [-0.2, -0.15) is 5.26 Å². The van der Waals surface area contributed by atoms with Crippen molar-refractivity contribution in [1.82, 2.24) is 47.8 Å². The molecule has 684 valence electrons. The number of carboxylic acid groups (broad SMARTS) is 1. The number of nitrogens with zero attached hydrogens (tertiary/aromatic N) is 11. The Morgan fingerprint density at radius 3 is 0.869 bits per heavy atom. The van der Waals surface area contributed by atoms with Crippen LogP contribution in [-0.2, 0) is 37.5 Å². The highest BCUT2D eigenvalue weighted by molar-refractivity contribution is 5.93. The third-order valence-corrected chi connectivity index (χ3v) is 22.6. The molecule has 0 aliphatic rings. The van der Waals surface area contributed by atoms with E-state index in [1.165, 1.54) is 21.3 Å². The number of anilines is 5. The summed E-state index contributed by atoms with van der Waals surface area (Å²) in [6.45, 7) is 3.09. The molecule has 0 atom stereocenters. The highest BCUT2D eigenvalue weighted by atomic mass is 16.5. The minimum absolute atomic E-state index is 0.144. The average Bonchev–Trinajstić information content (AvgIpc) is 1.68. The molecular formula is C110H98N16O11. The first-order chi connectivity index (χ1) is 67.1. The maximum Gasteiger partial charge on any atom is 0.341 e. The van der Waals surface area contributed by atoms with Gasteiger partial charge in [-0.15, -0.1) is 0 Å². The summed E-state index contributed by atoms with van der Waals surface area (Å²) in [4.78, 5) is 45.3. The van der Waals surface area contributed by atoms with E-state index in [9.17, 15) is 19.8 Å². The Balaban J connectivity index is 0.000000124. The van der Waals surface area contributed by atoms with Crippen molar-refractivity contribution in [2.24, 2.45) is 0 Å². The number of carbonyl (C=O) groups is 2. The van der Waals surface area contributed by atoms with Crippen molar-refractivity contribution in [3.8, 4) is 74.8 Å². The Bertz CT molecular complexity index is 7660. The van der Waals surface area contributed by atoms with Crippen LogP contribution < -0.4 is 55.0 Å². The highest BCUT2D eigenvalue weighted by Gasteiger charge is 2.18. The van der Waals surface area contributed by atoms with Crippen LogP contribution in [-0.4, -0.2) is 120 Å². The number of phenols is 1. The van der Waals surface area contributed by atoms with Crippen LogP contribution in [0.4, 0.5) is 28.4 Å². The van der Waals surface area contributed by atoms with Gasteiger partial charge in [0.05, 0.1) is 110 Å². The summed E-state index contributed by atoms with van der Waals surface area (Å²) in [6.07, 6.45) is 9.20. The normalized spacial score (nSPS) is 10.7.